The van der Waals surface area contributed by atoms with Gasteiger partial charge in [0, 0.05) is 19.8 Å². The highest BCUT2D eigenvalue weighted by Gasteiger charge is 2.04. The summed E-state index contributed by atoms with van der Waals surface area (Å²) in [6.45, 7) is 4.29. The zero-order valence-corrected chi connectivity index (χ0v) is 7.55. The average molecular weight is 153 g/mol. The number of aromatic nitrogens is 2. The molecule has 1 heterocycles. The SMILES string of the molecule is CC(C)c1cnc(N(C)C)[nH]1. The number of H-pyrrole nitrogens is 1. The van der Waals surface area contributed by atoms with Gasteiger partial charge in [0.1, 0.15) is 0 Å². The van der Waals surface area contributed by atoms with Gasteiger partial charge in [-0.3, -0.25) is 0 Å². The number of hydrogen-bond donors (Lipinski definition) is 1. The van der Waals surface area contributed by atoms with E-state index in [2.05, 4.69) is 23.8 Å². The molecule has 0 atom stereocenters. The number of nitrogens with zero attached hydrogens (tertiary/aromatic N) is 2. The molecule has 1 N–H and O–H groups in total. The molecule has 0 aliphatic rings. The van der Waals surface area contributed by atoms with Gasteiger partial charge in [-0.1, -0.05) is 13.8 Å². The van der Waals surface area contributed by atoms with Gasteiger partial charge in [0.2, 0.25) is 5.95 Å². The van der Waals surface area contributed by atoms with Crippen LogP contribution in [0.25, 0.3) is 0 Å². The summed E-state index contributed by atoms with van der Waals surface area (Å²) in [5.74, 6) is 1.45. The van der Waals surface area contributed by atoms with E-state index < -0.39 is 0 Å². The Kier molecular flexibility index (Phi) is 2.17. The third kappa shape index (κ3) is 1.73. The Morgan fingerprint density at radius 3 is 2.36 bits per heavy atom. The summed E-state index contributed by atoms with van der Waals surface area (Å²) in [5, 5.41) is 0. The summed E-state index contributed by atoms with van der Waals surface area (Å²) in [5.41, 5.74) is 1.19. The van der Waals surface area contributed by atoms with Crippen molar-refractivity contribution in [2.75, 3.05) is 19.0 Å². The van der Waals surface area contributed by atoms with Crippen molar-refractivity contribution in [2.24, 2.45) is 0 Å². The van der Waals surface area contributed by atoms with E-state index in [0.29, 0.717) is 5.92 Å². The molecule has 11 heavy (non-hydrogen) atoms. The Bertz CT molecular complexity index is 202. The molecule has 0 bridgehead atoms. The second-order valence-corrected chi connectivity index (χ2v) is 3.21. The van der Waals surface area contributed by atoms with Crippen LogP contribution in [0.15, 0.2) is 6.20 Å². The summed E-state index contributed by atoms with van der Waals surface area (Å²) >= 11 is 0. The molecule has 0 saturated heterocycles. The molecule has 0 saturated carbocycles. The molecule has 1 rings (SSSR count). The van der Waals surface area contributed by atoms with Crippen LogP contribution in [0, 0.1) is 0 Å². The maximum absolute atomic E-state index is 4.21. The summed E-state index contributed by atoms with van der Waals surface area (Å²) in [7, 11) is 3.95. The lowest BCUT2D eigenvalue weighted by molar-refractivity contribution is 0.830. The standard InChI is InChI=1S/C8H15N3/c1-6(2)7-5-9-8(10-7)11(3)4/h5-6H,1-4H3,(H,9,10). The number of imidazole rings is 1. The van der Waals surface area contributed by atoms with Crippen molar-refractivity contribution in [1.82, 2.24) is 9.97 Å². The lowest BCUT2D eigenvalue weighted by atomic mass is 10.2. The molecule has 0 aromatic carbocycles. The van der Waals surface area contributed by atoms with E-state index >= 15 is 0 Å². The van der Waals surface area contributed by atoms with E-state index in [-0.39, 0.29) is 0 Å². The van der Waals surface area contributed by atoms with Crippen LogP contribution in [0.2, 0.25) is 0 Å². The quantitative estimate of drug-likeness (QED) is 0.699. The molecule has 0 amide bonds. The maximum atomic E-state index is 4.21. The van der Waals surface area contributed by atoms with Crippen LogP contribution in [0.3, 0.4) is 0 Å². The normalized spacial score (nSPS) is 10.6. The van der Waals surface area contributed by atoms with Crippen molar-refractivity contribution in [3.05, 3.63) is 11.9 Å². The number of hydrogen-bond acceptors (Lipinski definition) is 2. The lowest BCUT2D eigenvalue weighted by Gasteiger charge is -2.06. The molecule has 3 heteroatoms. The van der Waals surface area contributed by atoms with Crippen molar-refractivity contribution >= 4 is 5.95 Å². The third-order valence-corrected chi connectivity index (χ3v) is 1.63. The van der Waals surface area contributed by atoms with Gasteiger partial charge in [0.15, 0.2) is 0 Å². The van der Waals surface area contributed by atoms with Crippen LogP contribution in [0.1, 0.15) is 25.5 Å². The Morgan fingerprint density at radius 1 is 1.45 bits per heavy atom. The minimum absolute atomic E-state index is 0.524. The predicted octanol–water partition coefficient (Wildman–Crippen LogP) is 1.60. The molecule has 0 unspecified atom stereocenters. The van der Waals surface area contributed by atoms with Crippen LogP contribution in [0.4, 0.5) is 5.95 Å². The first-order valence-electron chi connectivity index (χ1n) is 3.83. The van der Waals surface area contributed by atoms with E-state index in [4.69, 9.17) is 0 Å². The number of nitrogens with one attached hydrogen (secondary N) is 1. The molecule has 0 radical (unpaired) electrons. The minimum atomic E-state index is 0.524. The highest BCUT2D eigenvalue weighted by Crippen LogP contribution is 2.13. The summed E-state index contributed by atoms with van der Waals surface area (Å²) in [4.78, 5) is 9.40. The first-order chi connectivity index (χ1) is 5.11. The van der Waals surface area contributed by atoms with Crippen molar-refractivity contribution in [3.8, 4) is 0 Å². The second kappa shape index (κ2) is 2.95. The van der Waals surface area contributed by atoms with Crippen LogP contribution in [-0.4, -0.2) is 24.1 Å². The van der Waals surface area contributed by atoms with Crippen molar-refractivity contribution in [1.29, 1.82) is 0 Å². The third-order valence-electron chi connectivity index (χ3n) is 1.63. The van der Waals surface area contributed by atoms with E-state index in [9.17, 15) is 0 Å². The van der Waals surface area contributed by atoms with Gasteiger partial charge in [0.25, 0.3) is 0 Å². The number of aromatic amines is 1. The lowest BCUT2D eigenvalue weighted by Crippen LogP contribution is -2.10. The van der Waals surface area contributed by atoms with Crippen molar-refractivity contribution < 1.29 is 0 Å². The van der Waals surface area contributed by atoms with Gasteiger partial charge in [0.05, 0.1) is 6.20 Å². The Balaban J connectivity index is 2.82. The molecule has 1 aromatic rings. The average Bonchev–Trinajstić information content (AvgIpc) is 2.33. The fourth-order valence-corrected chi connectivity index (χ4v) is 0.845. The van der Waals surface area contributed by atoms with E-state index in [1.807, 2.05) is 25.2 Å². The van der Waals surface area contributed by atoms with Gasteiger partial charge in [-0.15, -0.1) is 0 Å². The molecule has 0 spiro atoms. The van der Waals surface area contributed by atoms with Gasteiger partial charge in [-0.2, -0.15) is 0 Å². The van der Waals surface area contributed by atoms with Crippen LogP contribution in [-0.2, 0) is 0 Å². The Labute approximate surface area is 67.4 Å². The van der Waals surface area contributed by atoms with Crippen LogP contribution in [0.5, 0.6) is 0 Å². The van der Waals surface area contributed by atoms with E-state index in [1.165, 1.54) is 5.69 Å². The highest BCUT2D eigenvalue weighted by molar-refractivity contribution is 5.29. The van der Waals surface area contributed by atoms with Crippen molar-refractivity contribution in [2.45, 2.75) is 19.8 Å². The summed E-state index contributed by atoms with van der Waals surface area (Å²) < 4.78 is 0. The smallest absolute Gasteiger partial charge is 0.202 e. The first-order valence-corrected chi connectivity index (χ1v) is 3.83. The fraction of sp³-hybridized carbons (Fsp3) is 0.625. The van der Waals surface area contributed by atoms with Gasteiger partial charge in [-0.05, 0) is 5.92 Å². The predicted molar refractivity (Wildman–Crippen MR) is 47.0 cm³/mol. The van der Waals surface area contributed by atoms with Gasteiger partial charge < -0.3 is 9.88 Å². The Hall–Kier alpha value is -0.990. The summed E-state index contributed by atoms with van der Waals surface area (Å²) in [6, 6.07) is 0. The summed E-state index contributed by atoms with van der Waals surface area (Å²) in [6.07, 6.45) is 1.89. The highest BCUT2D eigenvalue weighted by atomic mass is 15.2. The van der Waals surface area contributed by atoms with Crippen LogP contribution >= 0.6 is 0 Å². The van der Waals surface area contributed by atoms with Crippen molar-refractivity contribution in [3.63, 3.8) is 0 Å². The molecular formula is C8H15N3. The first kappa shape index (κ1) is 8.11. The Morgan fingerprint density at radius 2 is 2.09 bits per heavy atom. The minimum Gasteiger partial charge on any atom is -0.349 e. The maximum Gasteiger partial charge on any atom is 0.202 e. The zero-order valence-electron chi connectivity index (χ0n) is 7.55. The second-order valence-electron chi connectivity index (χ2n) is 3.21. The molecule has 0 fully saturated rings. The molecular weight excluding hydrogens is 138 g/mol. The monoisotopic (exact) mass is 153 g/mol. The molecule has 1 aromatic heterocycles. The molecule has 0 aliphatic carbocycles. The van der Waals surface area contributed by atoms with E-state index in [0.717, 1.165) is 5.95 Å². The topological polar surface area (TPSA) is 31.9 Å². The van der Waals surface area contributed by atoms with Gasteiger partial charge >= 0.3 is 0 Å². The van der Waals surface area contributed by atoms with Gasteiger partial charge in [-0.25, -0.2) is 4.98 Å². The molecule has 62 valence electrons. The fourth-order valence-electron chi connectivity index (χ4n) is 0.845. The number of anilines is 1. The largest absolute Gasteiger partial charge is 0.349 e. The zero-order chi connectivity index (χ0) is 8.43. The molecule has 3 nitrogen and oxygen atoms in total. The van der Waals surface area contributed by atoms with E-state index in [1.54, 1.807) is 0 Å². The number of rotatable bonds is 2. The van der Waals surface area contributed by atoms with Crippen LogP contribution < -0.4 is 4.90 Å². The molecule has 0 aliphatic heterocycles.